The van der Waals surface area contributed by atoms with Crippen LogP contribution in [0.5, 0.6) is 0 Å². The van der Waals surface area contributed by atoms with Gasteiger partial charge in [0.2, 0.25) is 11.8 Å². The van der Waals surface area contributed by atoms with Crippen molar-refractivity contribution in [3.05, 3.63) is 83.7 Å². The first-order chi connectivity index (χ1) is 26.4. The van der Waals surface area contributed by atoms with Gasteiger partial charge in [-0.05, 0) is 68.0 Å². The quantitative estimate of drug-likeness (QED) is 0.158. The lowest BCUT2D eigenvalue weighted by Crippen LogP contribution is -2.51. The average Bonchev–Trinajstić information content (AvgIpc) is 4.01. The Bertz CT molecular complexity index is 2080. The number of nitrogens with one attached hydrogen (secondary N) is 4. The molecule has 14 nitrogen and oxygen atoms in total. The van der Waals surface area contributed by atoms with Gasteiger partial charge < -0.3 is 39.9 Å². The van der Waals surface area contributed by atoms with Crippen LogP contribution in [0, 0.1) is 17.8 Å². The SMILES string of the molecule is COC(=O)NCC(=O)N1CSC(C)(C)C1c1ncc(-c2ccc(C#Cc3ccc(-c4cnc(C5CCCN5C(=O)C(NC(=O)OC)C(C)C)[nH]4)cc3)cc2)[nH]1. The minimum Gasteiger partial charge on any atom is -0.453 e. The summed E-state index contributed by atoms with van der Waals surface area (Å²) in [4.78, 5) is 69.6. The molecule has 6 rings (SSSR count). The fraction of sp³-hybridized carbons (Fsp3) is 0.400. The number of alkyl carbamates (subject to hydrolysis) is 2. The van der Waals surface area contributed by atoms with Gasteiger partial charge in [-0.2, -0.15) is 0 Å². The van der Waals surface area contributed by atoms with Crippen molar-refractivity contribution in [2.24, 2.45) is 5.92 Å². The molecule has 288 valence electrons. The summed E-state index contributed by atoms with van der Waals surface area (Å²) in [6.45, 7) is 8.37. The third-order valence-electron chi connectivity index (χ3n) is 9.87. The van der Waals surface area contributed by atoms with Crippen molar-refractivity contribution < 1.29 is 28.7 Å². The van der Waals surface area contributed by atoms with Crippen LogP contribution in [0.15, 0.2) is 60.9 Å². The molecule has 4 aromatic rings. The molecular formula is C40H46N8O6S. The minimum atomic E-state index is -0.691. The van der Waals surface area contributed by atoms with Gasteiger partial charge in [-0.25, -0.2) is 19.6 Å². The maximum atomic E-state index is 13.5. The van der Waals surface area contributed by atoms with Gasteiger partial charge in [0.25, 0.3) is 0 Å². The summed E-state index contributed by atoms with van der Waals surface area (Å²) >= 11 is 1.66. The summed E-state index contributed by atoms with van der Waals surface area (Å²) in [5.41, 5.74) is 5.25. The molecule has 0 aliphatic carbocycles. The second kappa shape index (κ2) is 16.7. The Morgan fingerprint density at radius 3 is 2.00 bits per heavy atom. The van der Waals surface area contributed by atoms with E-state index >= 15 is 0 Å². The molecule has 4 N–H and O–H groups in total. The number of imidazole rings is 2. The monoisotopic (exact) mass is 766 g/mol. The van der Waals surface area contributed by atoms with Crippen molar-refractivity contribution in [1.29, 1.82) is 0 Å². The van der Waals surface area contributed by atoms with Crippen LogP contribution in [0.4, 0.5) is 9.59 Å². The van der Waals surface area contributed by atoms with E-state index in [-0.39, 0.29) is 41.1 Å². The highest BCUT2D eigenvalue weighted by molar-refractivity contribution is 8.00. The van der Waals surface area contributed by atoms with Crippen LogP contribution in [0.1, 0.15) is 75.4 Å². The Hall–Kier alpha value is -5.75. The Kier molecular flexibility index (Phi) is 11.8. The molecule has 2 aliphatic rings. The number of amides is 4. The van der Waals surface area contributed by atoms with E-state index in [1.54, 1.807) is 34.0 Å². The highest BCUT2D eigenvalue weighted by atomic mass is 32.2. The number of likely N-dealkylation sites (tertiary alicyclic amines) is 1. The van der Waals surface area contributed by atoms with E-state index in [1.165, 1.54) is 14.2 Å². The number of rotatable bonds is 9. The first-order valence-electron chi connectivity index (χ1n) is 18.1. The first-order valence-corrected chi connectivity index (χ1v) is 19.1. The van der Waals surface area contributed by atoms with Gasteiger partial charge in [0.1, 0.15) is 30.3 Å². The molecule has 55 heavy (non-hydrogen) atoms. The molecule has 0 spiro atoms. The third kappa shape index (κ3) is 8.81. The number of aromatic amines is 2. The normalized spacial score (nSPS) is 18.0. The van der Waals surface area contributed by atoms with Crippen molar-refractivity contribution in [2.45, 2.75) is 63.4 Å². The van der Waals surface area contributed by atoms with Crippen LogP contribution in [0.25, 0.3) is 22.5 Å². The molecule has 0 radical (unpaired) electrons. The zero-order chi connectivity index (χ0) is 39.3. The molecule has 2 aromatic carbocycles. The van der Waals surface area contributed by atoms with Crippen LogP contribution in [0.3, 0.4) is 0 Å². The van der Waals surface area contributed by atoms with E-state index in [9.17, 15) is 19.2 Å². The van der Waals surface area contributed by atoms with E-state index in [4.69, 9.17) is 4.74 Å². The molecule has 3 unspecified atom stereocenters. The number of nitrogens with zero attached hydrogens (tertiary/aromatic N) is 4. The van der Waals surface area contributed by atoms with E-state index < -0.39 is 18.2 Å². The second-order valence-electron chi connectivity index (χ2n) is 14.3. The van der Waals surface area contributed by atoms with E-state index in [2.05, 4.69) is 61.0 Å². The summed E-state index contributed by atoms with van der Waals surface area (Å²) in [6.07, 6.45) is 3.89. The third-order valence-corrected chi connectivity index (χ3v) is 11.2. The van der Waals surface area contributed by atoms with Crippen LogP contribution in [-0.2, 0) is 19.1 Å². The predicted molar refractivity (Wildman–Crippen MR) is 208 cm³/mol. The number of methoxy groups -OCH3 is 2. The van der Waals surface area contributed by atoms with Crippen LogP contribution in [-0.4, -0.2) is 97.7 Å². The fourth-order valence-corrected chi connectivity index (χ4v) is 8.02. The Balaban J connectivity index is 1.09. The maximum absolute atomic E-state index is 13.5. The molecule has 15 heteroatoms. The van der Waals surface area contributed by atoms with Gasteiger partial charge in [0.05, 0.1) is 49.9 Å². The minimum absolute atomic E-state index is 0.107. The number of hydrogen-bond donors (Lipinski definition) is 4. The van der Waals surface area contributed by atoms with Crippen LogP contribution in [0.2, 0.25) is 0 Å². The van der Waals surface area contributed by atoms with Crippen molar-refractivity contribution in [1.82, 2.24) is 40.4 Å². The topological polar surface area (TPSA) is 175 Å². The molecule has 3 atom stereocenters. The van der Waals surface area contributed by atoms with Gasteiger partial charge >= 0.3 is 12.2 Å². The summed E-state index contributed by atoms with van der Waals surface area (Å²) in [6, 6.07) is 14.6. The number of benzene rings is 2. The predicted octanol–water partition coefficient (Wildman–Crippen LogP) is 5.62. The second-order valence-corrected chi connectivity index (χ2v) is 15.9. The number of carbonyl (C=O) groups is 4. The number of thioether (sulfide) groups is 1. The van der Waals surface area contributed by atoms with Gasteiger partial charge in [0, 0.05) is 22.4 Å². The van der Waals surface area contributed by atoms with Crippen molar-refractivity contribution in [3.8, 4) is 34.4 Å². The summed E-state index contributed by atoms with van der Waals surface area (Å²) < 4.78 is 9.05. The van der Waals surface area contributed by atoms with Crippen molar-refractivity contribution in [2.75, 3.05) is 33.2 Å². The van der Waals surface area contributed by atoms with Gasteiger partial charge in [-0.3, -0.25) is 9.59 Å². The highest BCUT2D eigenvalue weighted by Gasteiger charge is 2.46. The summed E-state index contributed by atoms with van der Waals surface area (Å²) in [5.74, 6) is 7.88. The molecule has 4 heterocycles. The van der Waals surface area contributed by atoms with Crippen LogP contribution >= 0.6 is 11.8 Å². The first kappa shape index (κ1) is 39.0. The molecule has 2 aliphatic heterocycles. The van der Waals surface area contributed by atoms with Crippen molar-refractivity contribution >= 4 is 35.8 Å². The highest BCUT2D eigenvalue weighted by Crippen LogP contribution is 2.47. The van der Waals surface area contributed by atoms with Crippen molar-refractivity contribution in [3.63, 3.8) is 0 Å². The standard InChI is InChI=1S/C40H46N8O6S/c1-24(2)33(46-39(52)54-6)37(50)47-19-7-8-31(47)35-41-20-29(44-35)27-15-11-25(12-16-27)9-10-26-13-17-28(18-14-26)30-21-42-36(45-30)34-40(3,4)55-23-48(34)32(49)22-43-38(51)53-5/h11-18,20-21,24,31,33-34H,7-8,19,22-23H2,1-6H3,(H,41,44)(H,42,45)(H,43,51)(H,46,52). The lowest BCUT2D eigenvalue weighted by atomic mass is 10.0. The number of H-pyrrole nitrogens is 2. The Morgan fingerprint density at radius 1 is 0.873 bits per heavy atom. The van der Waals surface area contributed by atoms with Gasteiger partial charge in [0.15, 0.2) is 0 Å². The average molecular weight is 767 g/mol. The van der Waals surface area contributed by atoms with Gasteiger partial charge in [-0.15, -0.1) is 11.8 Å². The van der Waals surface area contributed by atoms with E-state index in [0.717, 1.165) is 46.5 Å². The number of aromatic nitrogens is 4. The molecule has 2 aromatic heterocycles. The largest absolute Gasteiger partial charge is 0.453 e. The Morgan fingerprint density at radius 2 is 1.44 bits per heavy atom. The number of carbonyl (C=O) groups excluding carboxylic acids is 4. The molecular weight excluding hydrogens is 721 g/mol. The lowest BCUT2D eigenvalue weighted by Gasteiger charge is -2.30. The van der Waals surface area contributed by atoms with E-state index in [1.807, 2.05) is 62.4 Å². The summed E-state index contributed by atoms with van der Waals surface area (Å²) in [7, 11) is 2.54. The number of hydrogen-bond acceptors (Lipinski definition) is 9. The van der Waals surface area contributed by atoms with Gasteiger partial charge in [-0.1, -0.05) is 50.0 Å². The smallest absolute Gasteiger partial charge is 0.407 e. The molecule has 2 fully saturated rings. The zero-order valence-corrected chi connectivity index (χ0v) is 32.6. The van der Waals surface area contributed by atoms with E-state index in [0.29, 0.717) is 24.1 Å². The maximum Gasteiger partial charge on any atom is 0.407 e. The molecule has 4 amide bonds. The fourth-order valence-electron chi connectivity index (χ4n) is 6.86. The molecule has 0 saturated carbocycles. The Labute approximate surface area is 324 Å². The molecule has 0 bridgehead atoms. The summed E-state index contributed by atoms with van der Waals surface area (Å²) in [5, 5.41) is 5.15. The molecule has 2 saturated heterocycles. The zero-order valence-electron chi connectivity index (χ0n) is 31.8. The number of ether oxygens (including phenoxy) is 2. The lowest BCUT2D eigenvalue weighted by molar-refractivity contribution is -0.135. The van der Waals surface area contributed by atoms with Crippen LogP contribution < -0.4 is 10.6 Å².